The van der Waals surface area contributed by atoms with E-state index < -0.39 is 0 Å². The summed E-state index contributed by atoms with van der Waals surface area (Å²) in [5.74, 6) is 0.524. The van der Waals surface area contributed by atoms with E-state index in [2.05, 4.69) is 4.98 Å². The second-order valence-electron chi connectivity index (χ2n) is 3.15. The van der Waals surface area contributed by atoms with Crippen molar-refractivity contribution in [1.82, 2.24) is 4.98 Å². The topological polar surface area (TPSA) is 38.9 Å². The van der Waals surface area contributed by atoms with Crippen LogP contribution < -0.4 is 5.73 Å². The van der Waals surface area contributed by atoms with Gasteiger partial charge in [0.2, 0.25) is 0 Å². The zero-order chi connectivity index (χ0) is 10.3. The summed E-state index contributed by atoms with van der Waals surface area (Å²) in [5, 5.41) is 1.98. The number of nitrogens with two attached hydrogens (primary N) is 1. The minimum absolute atomic E-state index is 0.495. The van der Waals surface area contributed by atoms with Gasteiger partial charge in [-0.05, 0) is 30.7 Å². The first-order chi connectivity index (χ1) is 6.58. The fourth-order valence-corrected chi connectivity index (χ4v) is 1.62. The molecule has 1 aromatic carbocycles. The lowest BCUT2D eigenvalue weighted by molar-refractivity contribution is 1.34. The summed E-state index contributed by atoms with van der Waals surface area (Å²) < 4.78 is 0. The molecule has 0 amide bonds. The Morgan fingerprint density at radius 2 is 1.79 bits per heavy atom. The smallest absolute Gasteiger partial charge is 0.127 e. The van der Waals surface area contributed by atoms with Crippen molar-refractivity contribution in [3.63, 3.8) is 0 Å². The van der Waals surface area contributed by atoms with Gasteiger partial charge in [0.05, 0.1) is 15.6 Å². The Morgan fingerprint density at radius 1 is 1.14 bits per heavy atom. The molecule has 1 heterocycles. The van der Waals surface area contributed by atoms with E-state index in [1.807, 2.05) is 13.0 Å². The average molecular weight is 227 g/mol. The lowest BCUT2D eigenvalue weighted by Crippen LogP contribution is -1.94. The van der Waals surface area contributed by atoms with Gasteiger partial charge < -0.3 is 5.73 Å². The van der Waals surface area contributed by atoms with Crippen LogP contribution in [0.5, 0.6) is 0 Å². The summed E-state index contributed by atoms with van der Waals surface area (Å²) in [6, 6.07) is 5.45. The fraction of sp³-hybridized carbons (Fsp3) is 0.100. The van der Waals surface area contributed by atoms with E-state index >= 15 is 0 Å². The third-order valence-corrected chi connectivity index (χ3v) is 2.81. The predicted molar refractivity (Wildman–Crippen MR) is 60.9 cm³/mol. The van der Waals surface area contributed by atoms with E-state index in [1.165, 1.54) is 0 Å². The molecular formula is C10H8Cl2N2. The minimum atomic E-state index is 0.495. The molecule has 2 nitrogen and oxygen atoms in total. The summed E-state index contributed by atoms with van der Waals surface area (Å²) in [4.78, 5) is 4.21. The number of pyridine rings is 1. The number of rotatable bonds is 0. The van der Waals surface area contributed by atoms with Crippen LogP contribution in [0.15, 0.2) is 18.2 Å². The highest BCUT2D eigenvalue weighted by atomic mass is 35.5. The molecule has 1 aromatic heterocycles. The summed E-state index contributed by atoms with van der Waals surface area (Å²) in [5.41, 5.74) is 7.39. The quantitative estimate of drug-likeness (QED) is 0.748. The maximum atomic E-state index is 5.89. The molecule has 0 bridgehead atoms. The number of nitrogens with zero attached hydrogens (tertiary/aromatic N) is 1. The summed E-state index contributed by atoms with van der Waals surface area (Å²) in [6.07, 6.45) is 0. The van der Waals surface area contributed by atoms with Crippen LogP contribution in [0.1, 0.15) is 5.56 Å². The summed E-state index contributed by atoms with van der Waals surface area (Å²) in [7, 11) is 0. The van der Waals surface area contributed by atoms with E-state index in [1.54, 1.807) is 12.1 Å². The van der Waals surface area contributed by atoms with Crippen LogP contribution in [-0.2, 0) is 0 Å². The first-order valence-electron chi connectivity index (χ1n) is 4.10. The molecule has 0 aliphatic heterocycles. The number of aryl methyl sites for hydroxylation is 1. The number of fused-ring (bicyclic) bond motifs is 1. The Morgan fingerprint density at radius 3 is 2.50 bits per heavy atom. The normalized spacial score (nSPS) is 10.8. The summed E-state index contributed by atoms with van der Waals surface area (Å²) in [6.45, 7) is 1.91. The van der Waals surface area contributed by atoms with Gasteiger partial charge in [0, 0.05) is 5.39 Å². The Bertz CT molecular complexity index is 420. The number of aromatic nitrogens is 1. The molecule has 2 aromatic rings. The molecule has 14 heavy (non-hydrogen) atoms. The van der Waals surface area contributed by atoms with E-state index in [4.69, 9.17) is 28.9 Å². The molecule has 0 radical (unpaired) electrons. The van der Waals surface area contributed by atoms with Gasteiger partial charge in [-0.1, -0.05) is 23.2 Å². The standard InChI is InChI=1S/C10H8Cl2N2/c1-5-2-6-3-7(11)8(12)4-9(6)14-10(5)13/h2-4H,1H3,(H2,13,14). The molecule has 0 unspecified atom stereocenters. The first-order valence-corrected chi connectivity index (χ1v) is 4.85. The predicted octanol–water partition coefficient (Wildman–Crippen LogP) is 3.43. The Kier molecular flexibility index (Phi) is 2.25. The highest BCUT2D eigenvalue weighted by Crippen LogP contribution is 2.28. The van der Waals surface area contributed by atoms with Gasteiger partial charge in [-0.15, -0.1) is 0 Å². The number of benzene rings is 1. The van der Waals surface area contributed by atoms with E-state index in [-0.39, 0.29) is 0 Å². The van der Waals surface area contributed by atoms with Crippen molar-refractivity contribution >= 4 is 39.9 Å². The van der Waals surface area contributed by atoms with Crippen molar-refractivity contribution < 1.29 is 0 Å². The van der Waals surface area contributed by atoms with Crippen molar-refractivity contribution in [3.05, 3.63) is 33.8 Å². The summed E-state index contributed by atoms with van der Waals surface area (Å²) >= 11 is 11.8. The van der Waals surface area contributed by atoms with Gasteiger partial charge in [-0.2, -0.15) is 0 Å². The lowest BCUT2D eigenvalue weighted by Gasteiger charge is -2.04. The van der Waals surface area contributed by atoms with Crippen LogP contribution in [0.2, 0.25) is 10.0 Å². The largest absolute Gasteiger partial charge is 0.383 e. The lowest BCUT2D eigenvalue weighted by atomic mass is 10.1. The SMILES string of the molecule is Cc1cc2cc(Cl)c(Cl)cc2nc1N. The monoisotopic (exact) mass is 226 g/mol. The molecule has 0 aliphatic rings. The average Bonchev–Trinajstić information content (AvgIpc) is 2.11. The number of hydrogen-bond donors (Lipinski definition) is 1. The van der Waals surface area contributed by atoms with Gasteiger partial charge in [0.25, 0.3) is 0 Å². The second kappa shape index (κ2) is 3.30. The Hall–Kier alpha value is -0.990. The number of halogens is 2. The molecule has 4 heteroatoms. The minimum Gasteiger partial charge on any atom is -0.383 e. The third-order valence-electron chi connectivity index (χ3n) is 2.09. The van der Waals surface area contributed by atoms with Crippen LogP contribution in [0.3, 0.4) is 0 Å². The van der Waals surface area contributed by atoms with Crippen molar-refractivity contribution in [3.8, 4) is 0 Å². The van der Waals surface area contributed by atoms with Crippen LogP contribution in [-0.4, -0.2) is 4.98 Å². The third kappa shape index (κ3) is 1.51. The molecule has 0 saturated carbocycles. The number of hydrogen-bond acceptors (Lipinski definition) is 2. The Labute approximate surface area is 91.6 Å². The molecule has 0 atom stereocenters. The molecule has 0 aliphatic carbocycles. The van der Waals surface area contributed by atoms with Crippen LogP contribution >= 0.6 is 23.2 Å². The van der Waals surface area contributed by atoms with E-state index in [9.17, 15) is 0 Å². The molecule has 72 valence electrons. The van der Waals surface area contributed by atoms with Crippen LogP contribution in [0, 0.1) is 6.92 Å². The maximum absolute atomic E-state index is 5.89. The highest BCUT2D eigenvalue weighted by molar-refractivity contribution is 6.42. The van der Waals surface area contributed by atoms with Crippen LogP contribution in [0.25, 0.3) is 10.9 Å². The van der Waals surface area contributed by atoms with Gasteiger partial charge in [-0.3, -0.25) is 0 Å². The van der Waals surface area contributed by atoms with Crippen molar-refractivity contribution in [2.45, 2.75) is 6.92 Å². The van der Waals surface area contributed by atoms with E-state index in [0.717, 1.165) is 16.5 Å². The molecule has 0 saturated heterocycles. The van der Waals surface area contributed by atoms with Gasteiger partial charge in [0.15, 0.2) is 0 Å². The fourth-order valence-electron chi connectivity index (χ4n) is 1.29. The van der Waals surface area contributed by atoms with Gasteiger partial charge >= 0.3 is 0 Å². The number of nitrogen functional groups attached to an aromatic ring is 1. The van der Waals surface area contributed by atoms with Crippen LogP contribution in [0.4, 0.5) is 5.82 Å². The molecule has 2 N–H and O–H groups in total. The molecular weight excluding hydrogens is 219 g/mol. The molecule has 2 rings (SSSR count). The maximum Gasteiger partial charge on any atom is 0.127 e. The number of anilines is 1. The van der Waals surface area contributed by atoms with E-state index in [0.29, 0.717) is 15.9 Å². The van der Waals surface area contributed by atoms with Crippen molar-refractivity contribution in [2.24, 2.45) is 0 Å². The highest BCUT2D eigenvalue weighted by Gasteiger charge is 2.04. The zero-order valence-corrected chi connectivity index (χ0v) is 9.02. The second-order valence-corrected chi connectivity index (χ2v) is 3.96. The molecule has 0 spiro atoms. The zero-order valence-electron chi connectivity index (χ0n) is 7.51. The van der Waals surface area contributed by atoms with Gasteiger partial charge in [0.1, 0.15) is 5.82 Å². The van der Waals surface area contributed by atoms with Gasteiger partial charge in [-0.25, -0.2) is 4.98 Å². The molecule has 0 fully saturated rings. The first kappa shape index (κ1) is 9.56. The Balaban J connectivity index is 2.83. The van der Waals surface area contributed by atoms with Crippen molar-refractivity contribution in [2.75, 3.05) is 5.73 Å². The van der Waals surface area contributed by atoms with Crippen molar-refractivity contribution in [1.29, 1.82) is 0 Å².